The quantitative estimate of drug-likeness (QED) is 0.502. The van der Waals surface area contributed by atoms with Crippen molar-refractivity contribution in [3.8, 4) is 0 Å². The monoisotopic (exact) mass is 444 g/mol. The molecule has 0 atom stereocenters. The molecule has 0 bridgehead atoms. The summed E-state index contributed by atoms with van der Waals surface area (Å²) in [5.74, 6) is 0. The van der Waals surface area contributed by atoms with E-state index in [9.17, 15) is 0 Å². The van der Waals surface area contributed by atoms with Gasteiger partial charge >= 0.3 is 71.9 Å². The Hall–Kier alpha value is 2.64. The second kappa shape index (κ2) is 4.51. The van der Waals surface area contributed by atoms with E-state index in [4.69, 9.17) is 36.8 Å². The maximum absolute atomic E-state index is 5.00. The first-order valence-corrected chi connectivity index (χ1v) is 11.2. The Kier molecular flexibility index (Phi) is 8.60. The fourth-order valence-corrected chi connectivity index (χ4v) is 0. The van der Waals surface area contributed by atoms with E-state index in [-0.39, 0.29) is 22.4 Å². The summed E-state index contributed by atoms with van der Waals surface area (Å²) < 4.78 is 0. The van der Waals surface area contributed by atoms with E-state index in [1.807, 2.05) is 0 Å². The van der Waals surface area contributed by atoms with Crippen molar-refractivity contribution in [2.45, 2.75) is 0 Å². The predicted octanol–water partition coefficient (Wildman–Crippen LogP) is 2.75. The van der Waals surface area contributed by atoms with Crippen LogP contribution < -0.4 is 0 Å². The van der Waals surface area contributed by atoms with Gasteiger partial charge in [-0.1, -0.05) is 0 Å². The van der Waals surface area contributed by atoms with Crippen molar-refractivity contribution in [3.63, 3.8) is 0 Å². The molecule has 0 radical (unpaired) electrons. The van der Waals surface area contributed by atoms with Crippen molar-refractivity contribution in [1.29, 1.82) is 0 Å². The van der Waals surface area contributed by atoms with Crippen molar-refractivity contribution in [3.05, 3.63) is 0 Å². The number of rotatable bonds is 0. The molecule has 0 aliphatic rings. The molecule has 0 spiro atoms. The Bertz CT molecular complexity index is 23.0. The fourth-order valence-electron chi connectivity index (χ4n) is 0. The Balaban J connectivity index is 0. The van der Waals surface area contributed by atoms with Gasteiger partial charge in [-0.15, -0.1) is 0 Å². The summed E-state index contributed by atoms with van der Waals surface area (Å²) >= 11 is -3.00. The maximum atomic E-state index is 5.00. The van der Waals surface area contributed by atoms with Crippen molar-refractivity contribution < 1.29 is 35.2 Å². The van der Waals surface area contributed by atoms with Crippen molar-refractivity contribution in [2.75, 3.05) is 0 Å². The zero-order chi connectivity index (χ0) is 4.50. The van der Waals surface area contributed by atoms with E-state index in [0.29, 0.717) is 0 Å². The third kappa shape index (κ3) is 30.3. The Morgan fingerprint density at radius 1 is 0.833 bits per heavy atom. The standard InChI is InChI=1S/Ag.Au.4ClH/h;;4*1H/q+1;+3;;;;/p-4. The Morgan fingerprint density at radius 3 is 0.833 bits per heavy atom. The molecule has 0 aromatic rings. The molecule has 50 valence electrons. The topological polar surface area (TPSA) is 0 Å². The van der Waals surface area contributed by atoms with Gasteiger partial charge in [0.05, 0.1) is 0 Å². The molecular weight excluding hydrogens is 447 g/mol. The molecule has 0 heterocycles. The van der Waals surface area contributed by atoms with Crippen LogP contribution >= 0.6 is 36.8 Å². The van der Waals surface area contributed by atoms with Gasteiger partial charge in [0.15, 0.2) is 0 Å². The minimum atomic E-state index is -3.00. The molecule has 0 rings (SSSR count). The number of halogens is 4. The molecule has 0 aromatic carbocycles. The molecule has 0 N–H and O–H groups in total. The van der Waals surface area contributed by atoms with Crippen LogP contribution in [0.4, 0.5) is 0 Å². The SMILES string of the molecule is [Ag+].[Cl][Au-]([Cl])([Cl])[Cl]. The van der Waals surface area contributed by atoms with Gasteiger partial charge < -0.3 is 0 Å². The summed E-state index contributed by atoms with van der Waals surface area (Å²) in [6, 6.07) is 0. The number of hydrogen-bond acceptors (Lipinski definition) is 0. The first-order chi connectivity index (χ1) is 2.00. The van der Waals surface area contributed by atoms with Gasteiger partial charge in [0.25, 0.3) is 0 Å². The van der Waals surface area contributed by atoms with Gasteiger partial charge in [-0.3, -0.25) is 0 Å². The molecule has 0 saturated heterocycles. The summed E-state index contributed by atoms with van der Waals surface area (Å²) in [7, 11) is 20.0. The fraction of sp³-hybridized carbons (Fsp3) is 0. The molecular formula is AgAuCl4. The van der Waals surface area contributed by atoms with Gasteiger partial charge in [0.2, 0.25) is 0 Å². The zero-order valence-electron chi connectivity index (χ0n) is 2.11. The summed E-state index contributed by atoms with van der Waals surface area (Å²) in [6.07, 6.45) is 0. The van der Waals surface area contributed by atoms with Gasteiger partial charge in [-0.25, -0.2) is 0 Å². The summed E-state index contributed by atoms with van der Waals surface area (Å²) in [4.78, 5) is 0. The van der Waals surface area contributed by atoms with Gasteiger partial charge in [-0.2, -0.15) is 0 Å². The van der Waals surface area contributed by atoms with Crippen LogP contribution in [0, 0.1) is 0 Å². The molecule has 0 aliphatic heterocycles. The van der Waals surface area contributed by atoms with E-state index >= 15 is 0 Å². The first kappa shape index (κ1) is 11.4. The molecule has 6 heteroatoms. The summed E-state index contributed by atoms with van der Waals surface area (Å²) in [5.41, 5.74) is 0. The molecule has 0 saturated carbocycles. The van der Waals surface area contributed by atoms with Crippen LogP contribution in [0.25, 0.3) is 0 Å². The second-order valence-corrected chi connectivity index (χ2v) is 19.0. The summed E-state index contributed by atoms with van der Waals surface area (Å²) in [5, 5.41) is 0. The van der Waals surface area contributed by atoms with Crippen LogP contribution in [0.1, 0.15) is 0 Å². The van der Waals surface area contributed by atoms with Crippen molar-refractivity contribution >= 4 is 36.8 Å². The molecule has 0 amide bonds. The van der Waals surface area contributed by atoms with Crippen LogP contribution in [0.2, 0.25) is 0 Å². The predicted molar refractivity (Wildman–Crippen MR) is 23.4 cm³/mol. The van der Waals surface area contributed by atoms with Gasteiger partial charge in [0, 0.05) is 0 Å². The van der Waals surface area contributed by atoms with Crippen molar-refractivity contribution in [1.82, 2.24) is 0 Å². The van der Waals surface area contributed by atoms with Gasteiger partial charge in [-0.05, 0) is 0 Å². The third-order valence-electron chi connectivity index (χ3n) is 0. The van der Waals surface area contributed by atoms with Crippen molar-refractivity contribution in [2.24, 2.45) is 0 Å². The first-order valence-electron chi connectivity index (χ1n) is 0.456. The molecule has 6 heavy (non-hydrogen) atoms. The third-order valence-corrected chi connectivity index (χ3v) is 0. The molecule has 0 unspecified atom stereocenters. The molecule has 0 nitrogen and oxygen atoms in total. The zero-order valence-corrected chi connectivity index (χ0v) is 8.79. The molecule has 0 aliphatic carbocycles. The van der Waals surface area contributed by atoms with Crippen LogP contribution in [0.3, 0.4) is 0 Å². The van der Waals surface area contributed by atoms with E-state index in [2.05, 4.69) is 0 Å². The Morgan fingerprint density at radius 2 is 0.833 bits per heavy atom. The second-order valence-electron chi connectivity index (χ2n) is 0.258. The number of hydrogen-bond donors (Lipinski definition) is 0. The van der Waals surface area contributed by atoms with Crippen LogP contribution in [-0.4, -0.2) is 0 Å². The normalized spacial score (nSPS) is 12.7. The van der Waals surface area contributed by atoms with E-state index in [1.165, 1.54) is 0 Å². The minimum absolute atomic E-state index is 0. The van der Waals surface area contributed by atoms with E-state index < -0.39 is 12.8 Å². The van der Waals surface area contributed by atoms with Crippen LogP contribution in [0.15, 0.2) is 0 Å². The van der Waals surface area contributed by atoms with Crippen LogP contribution in [-0.2, 0) is 35.2 Å². The summed E-state index contributed by atoms with van der Waals surface area (Å²) in [6.45, 7) is 0. The Labute approximate surface area is 70.8 Å². The van der Waals surface area contributed by atoms with E-state index in [1.54, 1.807) is 0 Å². The average molecular weight is 447 g/mol. The molecule has 0 aromatic heterocycles. The van der Waals surface area contributed by atoms with E-state index in [0.717, 1.165) is 0 Å². The van der Waals surface area contributed by atoms with Gasteiger partial charge in [0.1, 0.15) is 0 Å². The molecule has 0 fully saturated rings. The van der Waals surface area contributed by atoms with Crippen LogP contribution in [0.5, 0.6) is 0 Å². The average Bonchev–Trinajstić information content (AvgIpc) is 0.722.